The Kier molecular flexibility index (Phi) is 6.61. The van der Waals surface area contributed by atoms with Gasteiger partial charge in [0.25, 0.3) is 5.56 Å². The van der Waals surface area contributed by atoms with Crippen molar-refractivity contribution >= 4 is 16.6 Å². The summed E-state index contributed by atoms with van der Waals surface area (Å²) in [5, 5.41) is 15.6. The number of benzene rings is 2. The molecule has 2 aromatic carbocycles. The molecule has 0 aliphatic carbocycles. The van der Waals surface area contributed by atoms with Crippen molar-refractivity contribution < 1.29 is 9.47 Å². The lowest BCUT2D eigenvalue weighted by Gasteiger charge is -2.34. The minimum absolute atomic E-state index is 0.0187. The molecule has 1 atom stereocenters. The average Bonchev–Trinajstić information content (AvgIpc) is 3.65. The number of nitriles is 1. The zero-order valence-electron chi connectivity index (χ0n) is 22.7. The smallest absolute Gasteiger partial charge is 0.270 e. The van der Waals surface area contributed by atoms with Gasteiger partial charge in [-0.3, -0.25) is 4.79 Å². The predicted molar refractivity (Wildman–Crippen MR) is 151 cm³/mol. The summed E-state index contributed by atoms with van der Waals surface area (Å²) < 4.78 is 15.2. The van der Waals surface area contributed by atoms with Crippen molar-refractivity contribution in [2.75, 3.05) is 31.2 Å². The van der Waals surface area contributed by atoms with E-state index >= 15 is 0 Å². The Morgan fingerprint density at radius 2 is 1.90 bits per heavy atom. The van der Waals surface area contributed by atoms with Crippen molar-refractivity contribution in [3.05, 3.63) is 81.4 Å². The molecule has 200 valence electrons. The number of anilines is 1. The quantitative estimate of drug-likeness (QED) is 0.375. The molecule has 4 aromatic rings. The third-order valence-electron chi connectivity index (χ3n) is 8.21. The van der Waals surface area contributed by atoms with Crippen molar-refractivity contribution in [1.82, 2.24) is 14.3 Å². The van der Waals surface area contributed by atoms with E-state index in [9.17, 15) is 10.1 Å². The first-order valence-electron chi connectivity index (χ1n) is 13.6. The van der Waals surface area contributed by atoms with Crippen LogP contribution in [0, 0.1) is 25.2 Å². The maximum atomic E-state index is 13.3. The highest BCUT2D eigenvalue weighted by molar-refractivity contribution is 5.96. The minimum Gasteiger partial charge on any atom is -0.488 e. The molecule has 2 aliphatic rings. The molecule has 0 saturated carbocycles. The molecule has 8 heteroatoms. The molecule has 0 radical (unpaired) electrons. The van der Waals surface area contributed by atoms with E-state index < -0.39 is 0 Å². The number of piperidine rings is 1. The normalized spacial score (nSPS) is 18.0. The van der Waals surface area contributed by atoms with E-state index in [1.54, 1.807) is 11.6 Å². The second-order valence-corrected chi connectivity index (χ2v) is 10.7. The highest BCUT2D eigenvalue weighted by Crippen LogP contribution is 2.37. The number of nitrogens with zero attached hydrogens (tertiary/aromatic N) is 5. The second-order valence-electron chi connectivity index (χ2n) is 10.7. The van der Waals surface area contributed by atoms with Gasteiger partial charge >= 0.3 is 0 Å². The van der Waals surface area contributed by atoms with Crippen molar-refractivity contribution in [1.29, 1.82) is 5.26 Å². The summed E-state index contributed by atoms with van der Waals surface area (Å²) in [4.78, 5) is 15.5. The van der Waals surface area contributed by atoms with E-state index in [0.29, 0.717) is 19.1 Å². The second kappa shape index (κ2) is 10.2. The molecule has 2 aliphatic heterocycles. The van der Waals surface area contributed by atoms with Gasteiger partial charge in [0.2, 0.25) is 0 Å². The Balaban J connectivity index is 1.30. The number of aryl methyl sites for hydroxylation is 3. The summed E-state index contributed by atoms with van der Waals surface area (Å²) in [6.07, 6.45) is 6.82. The summed E-state index contributed by atoms with van der Waals surface area (Å²) in [6.45, 7) is 6.91. The molecule has 39 heavy (non-hydrogen) atoms. The average molecular weight is 524 g/mol. The van der Waals surface area contributed by atoms with Gasteiger partial charge in [-0.2, -0.15) is 10.4 Å². The molecule has 4 heterocycles. The van der Waals surface area contributed by atoms with Crippen molar-refractivity contribution in [2.45, 2.75) is 45.1 Å². The fraction of sp³-hybridized carbons (Fsp3) is 0.387. The Bertz CT molecular complexity index is 1630. The van der Waals surface area contributed by atoms with E-state index in [4.69, 9.17) is 9.47 Å². The maximum absolute atomic E-state index is 13.3. The summed E-state index contributed by atoms with van der Waals surface area (Å²) in [5.41, 5.74) is 5.92. The van der Waals surface area contributed by atoms with E-state index in [0.717, 1.165) is 65.9 Å². The summed E-state index contributed by atoms with van der Waals surface area (Å²) in [6, 6.07) is 14.5. The molecule has 6 rings (SSSR count). The number of fused-ring (bicyclic) bond motifs is 1. The van der Waals surface area contributed by atoms with Crippen LogP contribution in [0.1, 0.15) is 47.4 Å². The van der Waals surface area contributed by atoms with Gasteiger partial charge < -0.3 is 18.9 Å². The van der Waals surface area contributed by atoms with Gasteiger partial charge in [0.1, 0.15) is 23.5 Å². The van der Waals surface area contributed by atoms with Crippen LogP contribution in [0.4, 0.5) is 5.69 Å². The standard InChI is InChI=1S/C31H33N5O3/c1-20-6-4-5-7-27(20)36-18-23(17-33-36)22-8-11-35(12-9-22)30-25-14-21(2)29(39-24-10-13-38-19-24)15-28(25)34(3)31(37)26(30)16-32/h4-7,14-15,17-18,22,24H,8-13,19H2,1-3H3. The van der Waals surface area contributed by atoms with Crippen molar-refractivity contribution in [3.63, 3.8) is 0 Å². The molecule has 2 saturated heterocycles. The zero-order chi connectivity index (χ0) is 27.1. The van der Waals surface area contributed by atoms with E-state index in [2.05, 4.69) is 47.4 Å². The lowest BCUT2D eigenvalue weighted by Crippen LogP contribution is -2.35. The van der Waals surface area contributed by atoms with Crippen LogP contribution >= 0.6 is 0 Å². The van der Waals surface area contributed by atoms with Gasteiger partial charge in [0.15, 0.2) is 0 Å². The lowest BCUT2D eigenvalue weighted by molar-refractivity contribution is 0.141. The Morgan fingerprint density at radius 3 is 2.62 bits per heavy atom. The van der Waals surface area contributed by atoms with Crippen LogP contribution in [0.25, 0.3) is 16.6 Å². The zero-order valence-corrected chi connectivity index (χ0v) is 22.7. The summed E-state index contributed by atoms with van der Waals surface area (Å²) >= 11 is 0. The fourth-order valence-corrected chi connectivity index (χ4v) is 5.94. The first-order valence-corrected chi connectivity index (χ1v) is 13.6. The Labute approximate surface area is 228 Å². The SMILES string of the molecule is Cc1cc2c(N3CCC(c4cnn(-c5ccccc5C)c4)CC3)c(C#N)c(=O)n(C)c2cc1OC1CCOC1. The minimum atomic E-state index is -0.277. The molecule has 2 fully saturated rings. The van der Waals surface area contributed by atoms with Gasteiger partial charge in [0.05, 0.1) is 36.3 Å². The third kappa shape index (κ3) is 4.57. The molecular weight excluding hydrogens is 490 g/mol. The first-order chi connectivity index (χ1) is 18.9. The van der Waals surface area contributed by atoms with Crippen LogP contribution < -0.4 is 15.2 Å². The third-order valence-corrected chi connectivity index (χ3v) is 8.21. The first kappa shape index (κ1) is 25.2. The molecule has 8 nitrogen and oxygen atoms in total. The molecule has 0 N–H and O–H groups in total. The van der Waals surface area contributed by atoms with Crippen LogP contribution in [0.2, 0.25) is 0 Å². The number of pyridine rings is 1. The van der Waals surface area contributed by atoms with Gasteiger partial charge in [-0.05, 0) is 61.4 Å². The van der Waals surface area contributed by atoms with Gasteiger partial charge in [-0.15, -0.1) is 0 Å². The van der Waals surface area contributed by atoms with Gasteiger partial charge in [-0.25, -0.2) is 4.68 Å². The van der Waals surface area contributed by atoms with Crippen molar-refractivity contribution in [2.24, 2.45) is 7.05 Å². The van der Waals surface area contributed by atoms with Crippen LogP contribution in [0.15, 0.2) is 53.6 Å². The van der Waals surface area contributed by atoms with Crippen LogP contribution in [0.5, 0.6) is 5.75 Å². The molecule has 0 bridgehead atoms. The molecule has 1 unspecified atom stereocenters. The lowest BCUT2D eigenvalue weighted by atomic mass is 9.90. The van der Waals surface area contributed by atoms with Gasteiger partial charge in [0, 0.05) is 44.2 Å². The van der Waals surface area contributed by atoms with E-state index in [-0.39, 0.29) is 17.2 Å². The number of para-hydroxylation sites is 1. The highest BCUT2D eigenvalue weighted by Gasteiger charge is 2.28. The van der Waals surface area contributed by atoms with E-state index in [1.807, 2.05) is 36.0 Å². The summed E-state index contributed by atoms with van der Waals surface area (Å²) in [5.74, 6) is 1.13. The molecule has 2 aromatic heterocycles. The van der Waals surface area contributed by atoms with Crippen LogP contribution in [-0.2, 0) is 11.8 Å². The molecule has 0 amide bonds. The summed E-state index contributed by atoms with van der Waals surface area (Å²) in [7, 11) is 1.73. The predicted octanol–water partition coefficient (Wildman–Crippen LogP) is 4.76. The number of ether oxygens (including phenoxy) is 2. The Hall–Kier alpha value is -4.09. The number of rotatable bonds is 5. The number of hydrogen-bond acceptors (Lipinski definition) is 6. The Morgan fingerprint density at radius 1 is 1.10 bits per heavy atom. The fourth-order valence-electron chi connectivity index (χ4n) is 5.94. The highest BCUT2D eigenvalue weighted by atomic mass is 16.5. The maximum Gasteiger partial charge on any atom is 0.270 e. The largest absolute Gasteiger partial charge is 0.488 e. The van der Waals surface area contributed by atoms with E-state index in [1.165, 1.54) is 11.1 Å². The monoisotopic (exact) mass is 523 g/mol. The molecule has 0 spiro atoms. The van der Waals surface area contributed by atoms with Gasteiger partial charge in [-0.1, -0.05) is 18.2 Å². The number of hydrogen-bond donors (Lipinski definition) is 0. The number of aromatic nitrogens is 3. The van der Waals surface area contributed by atoms with Crippen LogP contribution in [-0.4, -0.2) is 46.8 Å². The topological polar surface area (TPSA) is 85.3 Å². The van der Waals surface area contributed by atoms with Crippen molar-refractivity contribution in [3.8, 4) is 17.5 Å². The van der Waals surface area contributed by atoms with Crippen LogP contribution in [0.3, 0.4) is 0 Å². The molecular formula is C31H33N5O3.